The summed E-state index contributed by atoms with van der Waals surface area (Å²) in [6.07, 6.45) is 2.68. The van der Waals surface area contributed by atoms with Crippen LogP contribution in [0.2, 0.25) is 5.02 Å². The maximum Gasteiger partial charge on any atom is 0.165 e. The van der Waals surface area contributed by atoms with Gasteiger partial charge in [-0.05, 0) is 43.9 Å². The third-order valence-corrected chi connectivity index (χ3v) is 3.80. The van der Waals surface area contributed by atoms with E-state index in [0.717, 1.165) is 12.8 Å². The molecule has 0 amide bonds. The zero-order valence-corrected chi connectivity index (χ0v) is 11.1. The van der Waals surface area contributed by atoms with Crippen molar-refractivity contribution >= 4 is 17.4 Å². The minimum absolute atomic E-state index is 0.0119. The van der Waals surface area contributed by atoms with Crippen molar-refractivity contribution in [2.45, 2.75) is 31.8 Å². The second-order valence-electron chi connectivity index (χ2n) is 4.72. The van der Waals surface area contributed by atoms with Gasteiger partial charge in [-0.3, -0.25) is 4.79 Å². The highest BCUT2D eigenvalue weighted by atomic mass is 35.5. The molecule has 1 aromatic carbocycles. The molecule has 0 atom stereocenters. The van der Waals surface area contributed by atoms with Crippen LogP contribution in [0.3, 0.4) is 0 Å². The second-order valence-corrected chi connectivity index (χ2v) is 5.13. The number of methoxy groups -OCH3 is 1. The average Bonchev–Trinajstić information content (AvgIpc) is 2.38. The Labute approximate surface area is 112 Å². The Morgan fingerprint density at radius 3 is 2.56 bits per heavy atom. The average molecular weight is 269 g/mol. The van der Waals surface area contributed by atoms with E-state index in [1.54, 1.807) is 25.3 Å². The maximum atomic E-state index is 12.3. The summed E-state index contributed by atoms with van der Waals surface area (Å²) < 4.78 is 5.06. The third kappa shape index (κ3) is 2.85. The quantitative estimate of drug-likeness (QED) is 0.857. The van der Waals surface area contributed by atoms with Crippen LogP contribution in [0, 0.1) is 5.92 Å². The molecule has 0 unspecified atom stereocenters. The topological polar surface area (TPSA) is 46.5 Å². The highest BCUT2D eigenvalue weighted by molar-refractivity contribution is 6.32. The molecule has 0 heterocycles. The summed E-state index contributed by atoms with van der Waals surface area (Å²) in [7, 11) is 1.55. The van der Waals surface area contributed by atoms with Gasteiger partial charge in [0.1, 0.15) is 5.75 Å². The van der Waals surface area contributed by atoms with E-state index in [4.69, 9.17) is 16.3 Å². The van der Waals surface area contributed by atoms with Crippen molar-refractivity contribution in [1.82, 2.24) is 0 Å². The molecule has 98 valence electrons. The Hall–Kier alpha value is -1.06. The zero-order chi connectivity index (χ0) is 13.1. The molecular formula is C14H17ClO3. The van der Waals surface area contributed by atoms with Crippen molar-refractivity contribution < 1.29 is 14.6 Å². The Morgan fingerprint density at radius 2 is 2.00 bits per heavy atom. The molecule has 1 aliphatic carbocycles. The van der Waals surface area contributed by atoms with Gasteiger partial charge >= 0.3 is 0 Å². The standard InChI is InChI=1S/C14H17ClO3/c1-18-13-7-4-10(8-12(13)15)14(17)9-2-5-11(16)6-3-9/h4,7-9,11,16H,2-3,5-6H2,1H3. The van der Waals surface area contributed by atoms with E-state index in [0.29, 0.717) is 29.2 Å². The van der Waals surface area contributed by atoms with E-state index < -0.39 is 0 Å². The van der Waals surface area contributed by atoms with Gasteiger partial charge in [0, 0.05) is 11.5 Å². The van der Waals surface area contributed by atoms with Gasteiger partial charge in [0.25, 0.3) is 0 Å². The molecule has 1 saturated carbocycles. The number of aliphatic hydroxyl groups is 1. The molecule has 0 spiro atoms. The maximum absolute atomic E-state index is 12.3. The summed E-state index contributed by atoms with van der Waals surface area (Å²) in [6.45, 7) is 0. The number of carbonyl (C=O) groups is 1. The normalized spacial score (nSPS) is 23.7. The zero-order valence-electron chi connectivity index (χ0n) is 10.4. The van der Waals surface area contributed by atoms with Crippen LogP contribution in [0.5, 0.6) is 5.75 Å². The van der Waals surface area contributed by atoms with Crippen molar-refractivity contribution in [3.63, 3.8) is 0 Å². The first kappa shape index (κ1) is 13.4. The number of ether oxygens (including phenoxy) is 1. The van der Waals surface area contributed by atoms with Gasteiger partial charge in [0.2, 0.25) is 0 Å². The van der Waals surface area contributed by atoms with Crippen LogP contribution in [-0.2, 0) is 0 Å². The highest BCUT2D eigenvalue weighted by Crippen LogP contribution is 2.30. The summed E-state index contributed by atoms with van der Waals surface area (Å²) in [4.78, 5) is 12.3. The predicted octanol–water partition coefficient (Wildman–Crippen LogP) is 3.08. The fraction of sp³-hybridized carbons (Fsp3) is 0.500. The lowest BCUT2D eigenvalue weighted by Crippen LogP contribution is -2.24. The number of hydrogen-bond donors (Lipinski definition) is 1. The molecule has 1 N–H and O–H groups in total. The van der Waals surface area contributed by atoms with E-state index in [9.17, 15) is 9.90 Å². The van der Waals surface area contributed by atoms with Crippen LogP contribution in [-0.4, -0.2) is 24.1 Å². The number of aliphatic hydroxyl groups excluding tert-OH is 1. The highest BCUT2D eigenvalue weighted by Gasteiger charge is 2.26. The molecule has 0 radical (unpaired) electrons. The fourth-order valence-electron chi connectivity index (χ4n) is 2.39. The van der Waals surface area contributed by atoms with Crippen LogP contribution < -0.4 is 4.74 Å². The molecule has 1 aliphatic rings. The van der Waals surface area contributed by atoms with Crippen LogP contribution in [0.1, 0.15) is 36.0 Å². The summed E-state index contributed by atoms with van der Waals surface area (Å²) in [5.41, 5.74) is 0.627. The largest absolute Gasteiger partial charge is 0.495 e. The Kier molecular flexibility index (Phi) is 4.25. The number of halogens is 1. The molecule has 0 bridgehead atoms. The molecule has 2 rings (SSSR count). The van der Waals surface area contributed by atoms with Gasteiger partial charge in [-0.2, -0.15) is 0 Å². The minimum atomic E-state index is -0.242. The molecule has 18 heavy (non-hydrogen) atoms. The van der Waals surface area contributed by atoms with Crippen molar-refractivity contribution in [3.8, 4) is 5.75 Å². The van der Waals surface area contributed by atoms with Crippen molar-refractivity contribution in [1.29, 1.82) is 0 Å². The van der Waals surface area contributed by atoms with Crippen molar-refractivity contribution in [2.75, 3.05) is 7.11 Å². The smallest absolute Gasteiger partial charge is 0.165 e. The SMILES string of the molecule is COc1ccc(C(=O)C2CCC(O)CC2)cc1Cl. The lowest BCUT2D eigenvalue weighted by molar-refractivity contribution is 0.0764. The second kappa shape index (κ2) is 5.72. The van der Waals surface area contributed by atoms with E-state index >= 15 is 0 Å². The molecule has 1 aromatic rings. The summed E-state index contributed by atoms with van der Waals surface area (Å²) in [5, 5.41) is 9.90. The Morgan fingerprint density at radius 1 is 1.33 bits per heavy atom. The molecule has 4 heteroatoms. The molecule has 0 aromatic heterocycles. The minimum Gasteiger partial charge on any atom is -0.495 e. The summed E-state index contributed by atoms with van der Waals surface area (Å²) in [5.74, 6) is 0.705. The first-order chi connectivity index (χ1) is 8.61. The summed E-state index contributed by atoms with van der Waals surface area (Å²) in [6, 6.07) is 5.12. The first-order valence-electron chi connectivity index (χ1n) is 6.17. The molecule has 0 aliphatic heterocycles. The van der Waals surface area contributed by atoms with Gasteiger partial charge in [0.05, 0.1) is 18.2 Å². The molecular weight excluding hydrogens is 252 g/mol. The van der Waals surface area contributed by atoms with Crippen LogP contribution in [0.4, 0.5) is 0 Å². The molecule has 1 fully saturated rings. The van der Waals surface area contributed by atoms with Crippen LogP contribution >= 0.6 is 11.6 Å². The number of ketones is 1. The van der Waals surface area contributed by atoms with Gasteiger partial charge in [0.15, 0.2) is 5.78 Å². The van der Waals surface area contributed by atoms with Gasteiger partial charge in [-0.1, -0.05) is 11.6 Å². The Bertz CT molecular complexity index is 437. The van der Waals surface area contributed by atoms with Crippen molar-refractivity contribution in [2.24, 2.45) is 5.92 Å². The lowest BCUT2D eigenvalue weighted by Gasteiger charge is -2.24. The lowest BCUT2D eigenvalue weighted by atomic mass is 9.82. The molecule has 0 saturated heterocycles. The third-order valence-electron chi connectivity index (χ3n) is 3.50. The number of carbonyl (C=O) groups excluding carboxylic acids is 1. The van der Waals surface area contributed by atoms with E-state index in [1.807, 2.05) is 0 Å². The van der Waals surface area contributed by atoms with Gasteiger partial charge in [-0.15, -0.1) is 0 Å². The number of rotatable bonds is 3. The Balaban J connectivity index is 2.11. The van der Waals surface area contributed by atoms with Crippen LogP contribution in [0.15, 0.2) is 18.2 Å². The van der Waals surface area contributed by atoms with Gasteiger partial charge < -0.3 is 9.84 Å². The monoisotopic (exact) mass is 268 g/mol. The number of Topliss-reactive ketones (excluding diaryl/α,β-unsaturated/α-hetero) is 1. The van der Waals surface area contributed by atoms with E-state index in [-0.39, 0.29) is 17.8 Å². The van der Waals surface area contributed by atoms with Crippen LogP contribution in [0.25, 0.3) is 0 Å². The summed E-state index contributed by atoms with van der Waals surface area (Å²) >= 11 is 6.02. The number of hydrogen-bond acceptors (Lipinski definition) is 3. The van der Waals surface area contributed by atoms with Gasteiger partial charge in [-0.25, -0.2) is 0 Å². The number of benzene rings is 1. The van der Waals surface area contributed by atoms with Crippen molar-refractivity contribution in [3.05, 3.63) is 28.8 Å². The fourth-order valence-corrected chi connectivity index (χ4v) is 2.65. The molecule has 3 nitrogen and oxygen atoms in total. The first-order valence-corrected chi connectivity index (χ1v) is 6.55. The van der Waals surface area contributed by atoms with E-state index in [1.165, 1.54) is 0 Å². The van der Waals surface area contributed by atoms with E-state index in [2.05, 4.69) is 0 Å². The predicted molar refractivity (Wildman–Crippen MR) is 70.3 cm³/mol.